The third kappa shape index (κ3) is 11.2. The average Bonchev–Trinajstić information content (AvgIpc) is 2.55. The molecule has 5 nitrogen and oxygen atoms in total. The number of aryl methyl sites for hydroxylation is 1. The average molecular weight is 341 g/mol. The molecule has 0 heterocycles. The van der Waals surface area contributed by atoms with Gasteiger partial charge in [0.15, 0.2) is 6.29 Å². The Morgan fingerprint density at radius 3 is 2.13 bits per heavy atom. The molecule has 0 fully saturated rings. The fourth-order valence-corrected chi connectivity index (χ4v) is 2.92. The quantitative estimate of drug-likeness (QED) is 0.405. The van der Waals surface area contributed by atoms with E-state index in [0.717, 1.165) is 38.5 Å². The van der Waals surface area contributed by atoms with Crippen LogP contribution >= 0.6 is 7.82 Å². The normalized spacial score (nSPS) is 13.6. The molecule has 0 aromatic heterocycles. The molecule has 0 bridgehead atoms. The molecule has 6 heteroatoms. The van der Waals surface area contributed by atoms with Crippen molar-refractivity contribution in [2.24, 2.45) is 0 Å². The number of hydrogen-bond donors (Lipinski definition) is 1. The summed E-state index contributed by atoms with van der Waals surface area (Å²) < 4.78 is 21.4. The molecule has 23 heavy (non-hydrogen) atoms. The maximum absolute atomic E-state index is 11.6. The fourth-order valence-electron chi connectivity index (χ4n) is 2.13. The molecule has 0 aliphatic rings. The van der Waals surface area contributed by atoms with Crippen LogP contribution in [-0.4, -0.2) is 24.4 Å². The lowest BCUT2D eigenvalue weighted by molar-refractivity contribution is 0.145. The lowest BCUT2D eigenvalue weighted by Crippen LogP contribution is -1.99. The van der Waals surface area contributed by atoms with Gasteiger partial charge in [-0.05, 0) is 37.7 Å². The van der Waals surface area contributed by atoms with Crippen LogP contribution in [0.3, 0.4) is 0 Å². The van der Waals surface area contributed by atoms with E-state index in [1.807, 2.05) is 24.5 Å². The smallest absolute Gasteiger partial charge is 0.302 e. The van der Waals surface area contributed by atoms with Crippen molar-refractivity contribution in [3.05, 3.63) is 35.9 Å². The molecule has 0 aliphatic heterocycles. The van der Waals surface area contributed by atoms with Crippen molar-refractivity contribution in [3.63, 3.8) is 0 Å². The Balaban J connectivity index is 1.98. The maximum atomic E-state index is 11.6. The molecule has 1 aromatic rings. The summed E-state index contributed by atoms with van der Waals surface area (Å²) in [4.78, 5) is 19.5. The van der Waals surface area contributed by atoms with Crippen LogP contribution in [0.15, 0.2) is 30.3 Å². The number of rotatable bonds is 14. The molecule has 1 radical (unpaired) electrons. The lowest BCUT2D eigenvalue weighted by Gasteiger charge is -2.12. The maximum Gasteiger partial charge on any atom is 0.472 e. The van der Waals surface area contributed by atoms with Gasteiger partial charge in [0.2, 0.25) is 0 Å². The minimum Gasteiger partial charge on any atom is -0.302 e. The monoisotopic (exact) mass is 341 g/mol. The Bertz CT molecular complexity index is 463. The van der Waals surface area contributed by atoms with Crippen LogP contribution in [0.5, 0.6) is 0 Å². The van der Waals surface area contributed by atoms with Crippen LogP contribution in [0.1, 0.15) is 50.5 Å². The van der Waals surface area contributed by atoms with Crippen LogP contribution < -0.4 is 0 Å². The van der Waals surface area contributed by atoms with Gasteiger partial charge in [0.25, 0.3) is 0 Å². The number of carbonyl (C=O) groups excluding carboxylic acids is 1. The highest BCUT2D eigenvalue weighted by molar-refractivity contribution is 7.47. The summed E-state index contributed by atoms with van der Waals surface area (Å²) in [5.41, 5.74) is 1.30. The summed E-state index contributed by atoms with van der Waals surface area (Å²) in [5, 5.41) is 0. The summed E-state index contributed by atoms with van der Waals surface area (Å²) in [5.74, 6) is 0. The Morgan fingerprint density at radius 1 is 0.913 bits per heavy atom. The van der Waals surface area contributed by atoms with Crippen LogP contribution in [0.2, 0.25) is 0 Å². The third-order valence-electron chi connectivity index (χ3n) is 3.38. The van der Waals surface area contributed by atoms with Crippen molar-refractivity contribution in [2.45, 2.75) is 51.4 Å². The van der Waals surface area contributed by atoms with Gasteiger partial charge in [-0.15, -0.1) is 0 Å². The van der Waals surface area contributed by atoms with Crippen LogP contribution in [0.25, 0.3) is 0 Å². The lowest BCUT2D eigenvalue weighted by atomic mass is 10.1. The van der Waals surface area contributed by atoms with E-state index in [1.165, 1.54) is 5.56 Å². The first-order chi connectivity index (χ1) is 11.1. The number of phosphoric acid groups is 1. The summed E-state index contributed by atoms with van der Waals surface area (Å²) in [7, 11) is -3.93. The van der Waals surface area contributed by atoms with E-state index in [2.05, 4.69) is 12.1 Å². The van der Waals surface area contributed by atoms with Gasteiger partial charge in [0.05, 0.1) is 13.2 Å². The van der Waals surface area contributed by atoms with Gasteiger partial charge in [0.1, 0.15) is 0 Å². The Hall–Kier alpha value is -1.00. The first-order valence-electron chi connectivity index (χ1n) is 8.15. The Kier molecular flexibility index (Phi) is 10.8. The van der Waals surface area contributed by atoms with Gasteiger partial charge in [-0.25, -0.2) is 4.57 Å². The molecule has 0 amide bonds. The molecule has 0 saturated carbocycles. The van der Waals surface area contributed by atoms with Crippen molar-refractivity contribution in [3.8, 4) is 0 Å². The first kappa shape index (κ1) is 20.0. The number of hydrogen-bond acceptors (Lipinski definition) is 4. The summed E-state index contributed by atoms with van der Waals surface area (Å²) in [6.07, 6.45) is 8.05. The molecule has 1 atom stereocenters. The molecule has 1 rings (SSSR count). The van der Waals surface area contributed by atoms with Crippen molar-refractivity contribution in [2.75, 3.05) is 13.2 Å². The second-order valence-electron chi connectivity index (χ2n) is 5.39. The van der Waals surface area contributed by atoms with Crippen molar-refractivity contribution < 1.29 is 23.3 Å². The molecule has 129 valence electrons. The fraction of sp³-hybridized carbons (Fsp3) is 0.588. The van der Waals surface area contributed by atoms with Gasteiger partial charge in [0, 0.05) is 6.42 Å². The molecular weight excluding hydrogens is 315 g/mol. The molecule has 0 spiro atoms. The van der Waals surface area contributed by atoms with E-state index < -0.39 is 7.82 Å². The molecule has 0 aliphatic carbocycles. The van der Waals surface area contributed by atoms with Gasteiger partial charge in [-0.1, -0.05) is 43.2 Å². The predicted octanol–water partition coefficient (Wildman–Crippen LogP) is 4.20. The van der Waals surface area contributed by atoms with E-state index in [-0.39, 0.29) is 13.2 Å². The molecular formula is C17H26O5P. The second-order valence-corrected chi connectivity index (χ2v) is 6.84. The van der Waals surface area contributed by atoms with Crippen molar-refractivity contribution in [1.29, 1.82) is 0 Å². The Morgan fingerprint density at radius 2 is 1.52 bits per heavy atom. The van der Waals surface area contributed by atoms with Gasteiger partial charge >= 0.3 is 7.82 Å². The standard InChI is InChI=1S/C17H26O5P/c18-14-8-1-2-9-15-21-23(19,20)22-16-10-4-7-13-17-11-5-3-6-12-17/h3,5-6,11-12H,1-2,4,7-10,13,15-16H2,(H,19,20). The highest BCUT2D eigenvalue weighted by Crippen LogP contribution is 2.43. The zero-order chi connectivity index (χ0) is 16.8. The van der Waals surface area contributed by atoms with E-state index >= 15 is 0 Å². The highest BCUT2D eigenvalue weighted by Gasteiger charge is 2.19. The van der Waals surface area contributed by atoms with Gasteiger partial charge in [-0.3, -0.25) is 13.8 Å². The third-order valence-corrected chi connectivity index (χ3v) is 4.40. The van der Waals surface area contributed by atoms with Crippen molar-refractivity contribution >= 4 is 14.1 Å². The SMILES string of the molecule is O=[C]CCCCCOP(=O)(O)OCCCCCc1ccccc1. The summed E-state index contributed by atoms with van der Waals surface area (Å²) in [6.45, 7) is 0.392. The van der Waals surface area contributed by atoms with Gasteiger partial charge in [-0.2, -0.15) is 0 Å². The summed E-state index contributed by atoms with van der Waals surface area (Å²) >= 11 is 0. The zero-order valence-electron chi connectivity index (χ0n) is 13.5. The highest BCUT2D eigenvalue weighted by atomic mass is 31.2. The molecule has 1 unspecified atom stereocenters. The summed E-state index contributed by atoms with van der Waals surface area (Å²) in [6, 6.07) is 10.2. The molecule has 0 saturated heterocycles. The van der Waals surface area contributed by atoms with E-state index in [0.29, 0.717) is 12.8 Å². The largest absolute Gasteiger partial charge is 0.472 e. The Labute approximate surface area is 138 Å². The minimum atomic E-state index is -3.93. The number of unbranched alkanes of at least 4 members (excludes halogenated alkanes) is 5. The van der Waals surface area contributed by atoms with E-state index in [9.17, 15) is 14.3 Å². The van der Waals surface area contributed by atoms with Gasteiger partial charge < -0.3 is 4.89 Å². The minimum absolute atomic E-state index is 0.167. The number of benzene rings is 1. The van der Waals surface area contributed by atoms with Crippen molar-refractivity contribution in [1.82, 2.24) is 0 Å². The predicted molar refractivity (Wildman–Crippen MR) is 89.9 cm³/mol. The van der Waals surface area contributed by atoms with Crippen LogP contribution in [0, 0.1) is 0 Å². The van der Waals surface area contributed by atoms with Crippen LogP contribution in [-0.2, 0) is 24.8 Å². The topological polar surface area (TPSA) is 72.8 Å². The molecule has 1 N–H and O–H groups in total. The zero-order valence-corrected chi connectivity index (χ0v) is 14.4. The van der Waals surface area contributed by atoms with Crippen LogP contribution in [0.4, 0.5) is 0 Å². The molecule has 1 aromatic carbocycles. The first-order valence-corrected chi connectivity index (χ1v) is 9.64. The van der Waals surface area contributed by atoms with E-state index in [4.69, 9.17) is 9.05 Å². The van der Waals surface area contributed by atoms with E-state index in [1.54, 1.807) is 0 Å². The number of phosphoric ester groups is 1. The second kappa shape index (κ2) is 12.4.